The Morgan fingerprint density at radius 1 is 1.60 bits per heavy atom. The first-order valence-corrected chi connectivity index (χ1v) is 5.09. The number of methoxy groups -OCH3 is 1. The van der Waals surface area contributed by atoms with Crippen molar-refractivity contribution in [3.05, 3.63) is 27.7 Å². The van der Waals surface area contributed by atoms with Crippen molar-refractivity contribution >= 4 is 21.9 Å². The number of halogens is 1. The molecular weight excluding hydrogens is 262 g/mol. The number of nitrogens with two attached hydrogens (primary N) is 1. The van der Waals surface area contributed by atoms with E-state index in [1.165, 1.54) is 7.11 Å². The second-order valence-electron chi connectivity index (χ2n) is 3.16. The van der Waals surface area contributed by atoms with Crippen molar-refractivity contribution < 1.29 is 14.6 Å². The van der Waals surface area contributed by atoms with Crippen molar-refractivity contribution in [2.45, 2.75) is 13.0 Å². The zero-order chi connectivity index (χ0) is 11.6. The highest BCUT2D eigenvalue weighted by molar-refractivity contribution is 9.10. The molecule has 1 rings (SSSR count). The van der Waals surface area contributed by atoms with Gasteiger partial charge >= 0.3 is 5.97 Å². The first-order chi connectivity index (χ1) is 6.97. The molecule has 0 amide bonds. The van der Waals surface area contributed by atoms with Crippen LogP contribution in [0.25, 0.3) is 0 Å². The molecule has 82 valence electrons. The molecule has 1 unspecified atom stereocenters. The van der Waals surface area contributed by atoms with Crippen LogP contribution in [0.3, 0.4) is 0 Å². The van der Waals surface area contributed by atoms with Gasteiger partial charge in [0.25, 0.3) is 0 Å². The summed E-state index contributed by atoms with van der Waals surface area (Å²) >= 11 is 3.31. The van der Waals surface area contributed by atoms with Gasteiger partial charge in [-0.2, -0.15) is 0 Å². The summed E-state index contributed by atoms with van der Waals surface area (Å²) in [5.74, 6) is -0.477. The van der Waals surface area contributed by atoms with E-state index in [0.717, 1.165) is 10.0 Å². The number of carboxylic acid groups (broad SMARTS) is 1. The minimum Gasteiger partial charge on any atom is -0.496 e. The molecule has 5 heteroatoms. The smallest absolute Gasteiger partial charge is 0.325 e. The van der Waals surface area contributed by atoms with Crippen molar-refractivity contribution in [2.75, 3.05) is 7.11 Å². The van der Waals surface area contributed by atoms with Gasteiger partial charge in [-0.25, -0.2) is 0 Å². The molecule has 0 aliphatic heterocycles. The van der Waals surface area contributed by atoms with Crippen molar-refractivity contribution in [1.29, 1.82) is 0 Å². The number of ether oxygens (including phenoxy) is 1. The number of rotatable bonds is 3. The molecule has 0 saturated carbocycles. The van der Waals surface area contributed by atoms with E-state index in [2.05, 4.69) is 15.9 Å². The fourth-order valence-corrected chi connectivity index (χ4v) is 1.91. The van der Waals surface area contributed by atoms with Gasteiger partial charge in [0.2, 0.25) is 0 Å². The fraction of sp³-hybridized carbons (Fsp3) is 0.300. The Balaban J connectivity index is 3.24. The van der Waals surface area contributed by atoms with Crippen molar-refractivity contribution in [3.8, 4) is 5.75 Å². The lowest BCUT2D eigenvalue weighted by atomic mass is 10.0. The Bertz CT molecular complexity index is 392. The van der Waals surface area contributed by atoms with Gasteiger partial charge in [-0.15, -0.1) is 0 Å². The van der Waals surface area contributed by atoms with Crippen LogP contribution in [-0.2, 0) is 4.79 Å². The number of aliphatic carboxylic acids is 1. The molecule has 1 aromatic carbocycles. The third-order valence-electron chi connectivity index (χ3n) is 2.14. The molecule has 1 aromatic rings. The predicted octanol–water partition coefficient (Wildman–Crippen LogP) is 1.85. The van der Waals surface area contributed by atoms with Gasteiger partial charge in [0.15, 0.2) is 0 Å². The number of aryl methyl sites for hydroxylation is 1. The van der Waals surface area contributed by atoms with Gasteiger partial charge in [-0.1, -0.05) is 0 Å². The average Bonchev–Trinajstić information content (AvgIpc) is 2.17. The first-order valence-electron chi connectivity index (χ1n) is 4.29. The molecular formula is C10H12BrNO3. The standard InChI is InChI=1S/C10H12BrNO3/c1-5-3-7(11)8(15-2)4-6(5)9(12)10(13)14/h3-4,9H,12H2,1-2H3,(H,13,14). The maximum absolute atomic E-state index is 10.8. The molecule has 0 aromatic heterocycles. The maximum atomic E-state index is 10.8. The average molecular weight is 274 g/mol. The van der Waals surface area contributed by atoms with E-state index in [4.69, 9.17) is 15.6 Å². The van der Waals surface area contributed by atoms with Crippen LogP contribution in [0.2, 0.25) is 0 Å². The van der Waals surface area contributed by atoms with E-state index in [9.17, 15) is 4.79 Å². The molecule has 0 heterocycles. The van der Waals surface area contributed by atoms with Gasteiger partial charge in [0.1, 0.15) is 11.8 Å². The Labute approximate surface area is 96.2 Å². The van der Waals surface area contributed by atoms with Crippen molar-refractivity contribution in [3.63, 3.8) is 0 Å². The summed E-state index contributed by atoms with van der Waals surface area (Å²) in [6.45, 7) is 1.81. The van der Waals surface area contributed by atoms with E-state index in [-0.39, 0.29) is 0 Å². The normalized spacial score (nSPS) is 12.3. The summed E-state index contributed by atoms with van der Waals surface area (Å²) < 4.78 is 5.86. The van der Waals surface area contributed by atoms with Gasteiger partial charge in [-0.05, 0) is 46.1 Å². The van der Waals surface area contributed by atoms with E-state index in [1.54, 1.807) is 12.1 Å². The van der Waals surface area contributed by atoms with Crippen molar-refractivity contribution in [1.82, 2.24) is 0 Å². The summed E-state index contributed by atoms with van der Waals surface area (Å²) in [5.41, 5.74) is 6.92. The van der Waals surface area contributed by atoms with Crippen LogP contribution in [0, 0.1) is 6.92 Å². The Hall–Kier alpha value is -1.07. The first kappa shape index (κ1) is 12.0. The molecule has 0 bridgehead atoms. The molecule has 0 radical (unpaired) electrons. The van der Waals surface area contributed by atoms with Crippen LogP contribution in [0.5, 0.6) is 5.75 Å². The van der Waals surface area contributed by atoms with Gasteiger partial charge in [-0.3, -0.25) is 4.79 Å². The Kier molecular flexibility index (Phi) is 3.71. The van der Waals surface area contributed by atoms with Crippen LogP contribution in [0.15, 0.2) is 16.6 Å². The predicted molar refractivity (Wildman–Crippen MR) is 60.0 cm³/mol. The lowest BCUT2D eigenvalue weighted by Gasteiger charge is -2.13. The van der Waals surface area contributed by atoms with Crippen LogP contribution < -0.4 is 10.5 Å². The quantitative estimate of drug-likeness (QED) is 0.882. The fourth-order valence-electron chi connectivity index (χ4n) is 1.29. The Morgan fingerprint density at radius 3 is 2.67 bits per heavy atom. The number of hydrogen-bond donors (Lipinski definition) is 2. The third-order valence-corrected chi connectivity index (χ3v) is 2.76. The highest BCUT2D eigenvalue weighted by Crippen LogP contribution is 2.30. The van der Waals surface area contributed by atoms with Gasteiger partial charge < -0.3 is 15.6 Å². The molecule has 15 heavy (non-hydrogen) atoms. The maximum Gasteiger partial charge on any atom is 0.325 e. The lowest BCUT2D eigenvalue weighted by molar-refractivity contribution is -0.138. The lowest BCUT2D eigenvalue weighted by Crippen LogP contribution is -2.21. The van der Waals surface area contributed by atoms with E-state index in [1.807, 2.05) is 6.92 Å². The minimum absolute atomic E-state index is 0.558. The monoisotopic (exact) mass is 273 g/mol. The van der Waals surface area contributed by atoms with Crippen LogP contribution in [0.4, 0.5) is 0 Å². The highest BCUT2D eigenvalue weighted by Gasteiger charge is 2.18. The van der Waals surface area contributed by atoms with E-state index < -0.39 is 12.0 Å². The number of carbonyl (C=O) groups is 1. The number of carboxylic acids is 1. The molecule has 0 aliphatic rings. The number of hydrogen-bond acceptors (Lipinski definition) is 3. The highest BCUT2D eigenvalue weighted by atomic mass is 79.9. The van der Waals surface area contributed by atoms with Gasteiger partial charge in [0, 0.05) is 0 Å². The largest absolute Gasteiger partial charge is 0.496 e. The summed E-state index contributed by atoms with van der Waals surface area (Å²) in [4.78, 5) is 10.8. The summed E-state index contributed by atoms with van der Waals surface area (Å²) in [5, 5.41) is 8.82. The summed E-state index contributed by atoms with van der Waals surface area (Å²) in [7, 11) is 1.52. The molecule has 0 spiro atoms. The summed E-state index contributed by atoms with van der Waals surface area (Å²) in [6, 6.07) is 2.40. The van der Waals surface area contributed by atoms with E-state index in [0.29, 0.717) is 11.3 Å². The SMILES string of the molecule is COc1cc(C(N)C(=O)O)c(C)cc1Br. The molecule has 3 N–H and O–H groups in total. The van der Waals surface area contributed by atoms with Crippen molar-refractivity contribution in [2.24, 2.45) is 5.73 Å². The second kappa shape index (κ2) is 4.63. The van der Waals surface area contributed by atoms with Gasteiger partial charge in [0.05, 0.1) is 11.6 Å². The third kappa shape index (κ3) is 2.49. The molecule has 0 fully saturated rings. The molecule has 4 nitrogen and oxygen atoms in total. The molecule has 0 aliphatic carbocycles. The summed E-state index contributed by atoms with van der Waals surface area (Å²) in [6.07, 6.45) is 0. The topological polar surface area (TPSA) is 72.5 Å². The minimum atomic E-state index is -1.05. The van der Waals surface area contributed by atoms with E-state index >= 15 is 0 Å². The van der Waals surface area contributed by atoms with Crippen LogP contribution >= 0.6 is 15.9 Å². The molecule has 1 atom stereocenters. The Morgan fingerprint density at radius 2 is 2.20 bits per heavy atom. The molecule has 0 saturated heterocycles. The zero-order valence-electron chi connectivity index (χ0n) is 8.45. The number of benzene rings is 1. The van der Waals surface area contributed by atoms with Crippen LogP contribution in [-0.4, -0.2) is 18.2 Å². The van der Waals surface area contributed by atoms with Crippen LogP contribution in [0.1, 0.15) is 17.2 Å². The second-order valence-corrected chi connectivity index (χ2v) is 4.01. The zero-order valence-corrected chi connectivity index (χ0v) is 10.0.